The lowest BCUT2D eigenvalue weighted by atomic mass is 9.90. The fourth-order valence-corrected chi connectivity index (χ4v) is 2.41. The molecule has 0 fully saturated rings. The summed E-state index contributed by atoms with van der Waals surface area (Å²) in [5.74, 6) is -1.76. The summed E-state index contributed by atoms with van der Waals surface area (Å²) in [6.45, 7) is 0. The van der Waals surface area contributed by atoms with Gasteiger partial charge in [0.05, 0.1) is 11.6 Å². The van der Waals surface area contributed by atoms with E-state index in [0.29, 0.717) is 11.3 Å². The summed E-state index contributed by atoms with van der Waals surface area (Å²) in [6.07, 6.45) is 0.0287. The van der Waals surface area contributed by atoms with E-state index in [-0.39, 0.29) is 18.2 Å². The maximum atomic E-state index is 13.3. The topological polar surface area (TPSA) is 70.2 Å². The number of hydrogen-bond acceptors (Lipinski definition) is 3. The van der Waals surface area contributed by atoms with Crippen molar-refractivity contribution in [3.05, 3.63) is 59.9 Å². The zero-order valence-electron chi connectivity index (χ0n) is 11.6. The van der Waals surface area contributed by atoms with Crippen molar-refractivity contribution in [3.8, 4) is 0 Å². The van der Waals surface area contributed by atoms with Crippen LogP contribution in [0.3, 0.4) is 0 Å². The highest BCUT2D eigenvalue weighted by molar-refractivity contribution is 6.01. The molecule has 3 rings (SSSR count). The fourth-order valence-electron chi connectivity index (χ4n) is 2.41. The molecule has 0 radical (unpaired) electrons. The van der Waals surface area contributed by atoms with Crippen LogP contribution in [0, 0.1) is 5.82 Å². The van der Waals surface area contributed by atoms with Gasteiger partial charge < -0.3 is 5.32 Å². The molecule has 6 heteroatoms. The van der Waals surface area contributed by atoms with Crippen LogP contribution in [0.1, 0.15) is 17.9 Å². The van der Waals surface area contributed by atoms with Crippen LogP contribution in [0.4, 0.5) is 15.8 Å². The third-order valence-corrected chi connectivity index (χ3v) is 3.47. The number of halogens is 1. The summed E-state index contributed by atoms with van der Waals surface area (Å²) in [6, 6.07) is 13.2. The van der Waals surface area contributed by atoms with Crippen LogP contribution in [0.15, 0.2) is 48.5 Å². The quantitative estimate of drug-likeness (QED) is 0.762. The molecule has 2 aromatic carbocycles. The molecule has 0 saturated heterocycles. The minimum atomic E-state index is -0.652. The molecule has 0 aromatic heterocycles. The Labute approximate surface area is 126 Å². The number of carbonyl (C=O) groups excluding carboxylic acids is 2. The molecule has 5 nitrogen and oxygen atoms in total. The Kier molecular flexibility index (Phi) is 3.74. The minimum Gasteiger partial charge on any atom is -0.326 e. The monoisotopic (exact) mass is 299 g/mol. The normalized spacial score (nSPS) is 16.4. The molecular weight excluding hydrogens is 285 g/mol. The summed E-state index contributed by atoms with van der Waals surface area (Å²) >= 11 is 0. The first kappa shape index (κ1) is 14.1. The summed E-state index contributed by atoms with van der Waals surface area (Å²) < 4.78 is 13.3. The predicted molar refractivity (Wildman–Crippen MR) is 80.6 cm³/mol. The molecular formula is C16H14FN3O2. The van der Waals surface area contributed by atoms with Crippen LogP contribution in [0.25, 0.3) is 0 Å². The number of hydrazine groups is 1. The van der Waals surface area contributed by atoms with Crippen molar-refractivity contribution in [3.63, 3.8) is 0 Å². The predicted octanol–water partition coefficient (Wildman–Crippen LogP) is 2.39. The molecule has 1 heterocycles. The summed E-state index contributed by atoms with van der Waals surface area (Å²) in [4.78, 5) is 24.0. The molecule has 0 saturated carbocycles. The average molecular weight is 299 g/mol. The SMILES string of the molecule is O=C1CC(C(=O)NNc2ccccc2)c2ccc(F)cc2N1. The number of nitrogens with one attached hydrogen (secondary N) is 3. The van der Waals surface area contributed by atoms with Crippen LogP contribution in [0.2, 0.25) is 0 Å². The van der Waals surface area contributed by atoms with Crippen LogP contribution < -0.4 is 16.2 Å². The van der Waals surface area contributed by atoms with Crippen molar-refractivity contribution in [2.75, 3.05) is 10.7 Å². The zero-order chi connectivity index (χ0) is 15.5. The zero-order valence-corrected chi connectivity index (χ0v) is 11.6. The smallest absolute Gasteiger partial charge is 0.246 e. The van der Waals surface area contributed by atoms with E-state index in [0.717, 1.165) is 5.69 Å². The lowest BCUT2D eigenvalue weighted by molar-refractivity contribution is -0.126. The molecule has 0 bridgehead atoms. The van der Waals surface area contributed by atoms with Gasteiger partial charge in [-0.15, -0.1) is 0 Å². The van der Waals surface area contributed by atoms with E-state index >= 15 is 0 Å². The van der Waals surface area contributed by atoms with Crippen molar-refractivity contribution >= 4 is 23.2 Å². The fraction of sp³-hybridized carbons (Fsp3) is 0.125. The van der Waals surface area contributed by atoms with Gasteiger partial charge in [-0.3, -0.25) is 20.4 Å². The molecule has 3 N–H and O–H groups in total. The molecule has 2 aromatic rings. The largest absolute Gasteiger partial charge is 0.326 e. The number of anilines is 2. The molecule has 22 heavy (non-hydrogen) atoms. The average Bonchev–Trinajstić information content (AvgIpc) is 2.52. The molecule has 1 aliphatic rings. The van der Waals surface area contributed by atoms with E-state index in [1.165, 1.54) is 18.2 Å². The van der Waals surface area contributed by atoms with Crippen molar-refractivity contribution in [1.82, 2.24) is 5.43 Å². The van der Waals surface area contributed by atoms with Crippen LogP contribution in [0.5, 0.6) is 0 Å². The molecule has 112 valence electrons. The van der Waals surface area contributed by atoms with Gasteiger partial charge in [-0.1, -0.05) is 24.3 Å². The first-order valence-electron chi connectivity index (χ1n) is 6.84. The van der Waals surface area contributed by atoms with E-state index in [1.54, 1.807) is 12.1 Å². The van der Waals surface area contributed by atoms with Gasteiger partial charge in [0.1, 0.15) is 5.82 Å². The number of amides is 2. The number of para-hydroxylation sites is 1. The number of benzene rings is 2. The number of hydrogen-bond donors (Lipinski definition) is 3. The molecule has 2 amide bonds. The second kappa shape index (κ2) is 5.85. The summed E-state index contributed by atoms with van der Waals surface area (Å²) in [7, 11) is 0. The third kappa shape index (κ3) is 2.90. The Morgan fingerprint density at radius 2 is 1.95 bits per heavy atom. The van der Waals surface area contributed by atoms with E-state index in [1.807, 2.05) is 18.2 Å². The maximum Gasteiger partial charge on any atom is 0.246 e. The first-order valence-corrected chi connectivity index (χ1v) is 6.84. The van der Waals surface area contributed by atoms with E-state index in [4.69, 9.17) is 0 Å². The van der Waals surface area contributed by atoms with Crippen molar-refractivity contribution < 1.29 is 14.0 Å². The van der Waals surface area contributed by atoms with Gasteiger partial charge in [0, 0.05) is 12.1 Å². The van der Waals surface area contributed by atoms with Gasteiger partial charge >= 0.3 is 0 Å². The van der Waals surface area contributed by atoms with E-state index in [2.05, 4.69) is 16.2 Å². The lowest BCUT2D eigenvalue weighted by Gasteiger charge is -2.25. The van der Waals surface area contributed by atoms with E-state index in [9.17, 15) is 14.0 Å². The van der Waals surface area contributed by atoms with Crippen molar-refractivity contribution in [2.24, 2.45) is 0 Å². The van der Waals surface area contributed by atoms with Gasteiger partial charge in [0.25, 0.3) is 0 Å². The first-order chi connectivity index (χ1) is 10.6. The van der Waals surface area contributed by atoms with Crippen LogP contribution >= 0.6 is 0 Å². The third-order valence-electron chi connectivity index (χ3n) is 3.47. The van der Waals surface area contributed by atoms with Crippen molar-refractivity contribution in [2.45, 2.75) is 12.3 Å². The summed E-state index contributed by atoms with van der Waals surface area (Å²) in [5, 5.41) is 2.58. The van der Waals surface area contributed by atoms with Crippen LogP contribution in [-0.2, 0) is 9.59 Å². The Hall–Kier alpha value is -2.89. The van der Waals surface area contributed by atoms with E-state index < -0.39 is 11.7 Å². The van der Waals surface area contributed by atoms with Crippen molar-refractivity contribution in [1.29, 1.82) is 0 Å². The Bertz CT molecular complexity index is 719. The van der Waals surface area contributed by atoms with Gasteiger partial charge in [0.15, 0.2) is 0 Å². The number of rotatable bonds is 3. The Balaban J connectivity index is 1.77. The molecule has 1 atom stereocenters. The molecule has 1 aliphatic heterocycles. The number of carbonyl (C=O) groups is 2. The highest BCUT2D eigenvalue weighted by Crippen LogP contribution is 2.32. The van der Waals surface area contributed by atoms with Crippen LogP contribution in [-0.4, -0.2) is 11.8 Å². The second-order valence-electron chi connectivity index (χ2n) is 5.02. The maximum absolute atomic E-state index is 13.3. The number of fused-ring (bicyclic) bond motifs is 1. The highest BCUT2D eigenvalue weighted by Gasteiger charge is 2.30. The molecule has 1 unspecified atom stereocenters. The van der Waals surface area contributed by atoms with Gasteiger partial charge in [-0.25, -0.2) is 4.39 Å². The van der Waals surface area contributed by atoms with Gasteiger partial charge in [-0.2, -0.15) is 0 Å². The lowest BCUT2D eigenvalue weighted by Crippen LogP contribution is -2.37. The van der Waals surface area contributed by atoms with Gasteiger partial charge in [0.2, 0.25) is 11.8 Å². The highest BCUT2D eigenvalue weighted by atomic mass is 19.1. The summed E-state index contributed by atoms with van der Waals surface area (Å²) in [5.41, 5.74) is 7.06. The Morgan fingerprint density at radius 3 is 2.73 bits per heavy atom. The standard InChI is InChI=1S/C16H14FN3O2/c17-10-6-7-12-13(9-15(21)18-14(12)8-10)16(22)20-19-11-4-2-1-3-5-11/h1-8,13,19H,9H2,(H,18,21)(H,20,22). The second-order valence-corrected chi connectivity index (χ2v) is 5.02. The minimum absolute atomic E-state index is 0.0287. The Morgan fingerprint density at radius 1 is 1.18 bits per heavy atom. The molecule has 0 spiro atoms. The van der Waals surface area contributed by atoms with Gasteiger partial charge in [-0.05, 0) is 29.8 Å². The molecule has 0 aliphatic carbocycles.